The molecule has 10 nitrogen and oxygen atoms in total. The molecule has 0 aromatic carbocycles. The second kappa shape index (κ2) is 10.8. The molecule has 2 heterocycles. The average Bonchev–Trinajstić information content (AvgIpc) is 3.21. The molecule has 2 rings (SSSR count). The number of rotatable bonds is 9. The molecule has 0 unspecified atom stereocenters. The number of aromatic nitrogens is 2. The van der Waals surface area contributed by atoms with E-state index in [0.717, 1.165) is 10.0 Å². The summed E-state index contributed by atoms with van der Waals surface area (Å²) in [5.41, 5.74) is 1.12. The smallest absolute Gasteiger partial charge is 0.350 e. The van der Waals surface area contributed by atoms with E-state index < -0.39 is 37.0 Å². The number of aryl methyl sites for hydroxylation is 4. The van der Waals surface area contributed by atoms with Crippen LogP contribution in [0.2, 0.25) is 0 Å². The predicted octanol–water partition coefficient (Wildman–Crippen LogP) is 1.08. The van der Waals surface area contributed by atoms with Gasteiger partial charge in [-0.05, 0) is 27.7 Å². The molecule has 0 radical (unpaired) electrons. The van der Waals surface area contributed by atoms with Crippen LogP contribution in [0.15, 0.2) is 0 Å². The molecule has 2 aromatic rings. The van der Waals surface area contributed by atoms with Crippen LogP contribution in [-0.2, 0) is 19.1 Å². The molecule has 0 aliphatic heterocycles. The van der Waals surface area contributed by atoms with Crippen LogP contribution in [0.5, 0.6) is 0 Å². The highest BCUT2D eigenvalue weighted by atomic mass is 32.1. The number of nitrogens with zero attached hydrogens (tertiary/aromatic N) is 2. The van der Waals surface area contributed by atoms with Crippen LogP contribution in [0.1, 0.15) is 40.7 Å². The summed E-state index contributed by atoms with van der Waals surface area (Å²) in [6, 6.07) is 0. The monoisotopic (exact) mass is 454 g/mol. The van der Waals surface area contributed by atoms with Gasteiger partial charge in [-0.3, -0.25) is 9.59 Å². The van der Waals surface area contributed by atoms with E-state index >= 15 is 0 Å². The van der Waals surface area contributed by atoms with Crippen molar-refractivity contribution in [1.29, 1.82) is 0 Å². The van der Waals surface area contributed by atoms with Gasteiger partial charge in [0.25, 0.3) is 11.8 Å². The zero-order valence-corrected chi connectivity index (χ0v) is 18.6. The fraction of sp³-hybridized carbons (Fsp3) is 0.444. The summed E-state index contributed by atoms with van der Waals surface area (Å²) in [5.74, 6) is -2.21. The SMILES string of the molecule is Cc1nc(C)c(C(=O)OCC(=O)NCCNC(=O)COC(=O)c2sc(C)nc2C)s1. The number of ether oxygens (including phenoxy) is 2. The summed E-state index contributed by atoms with van der Waals surface area (Å²) in [7, 11) is 0. The summed E-state index contributed by atoms with van der Waals surface area (Å²) in [4.78, 5) is 56.3. The first kappa shape index (κ1) is 23.4. The largest absolute Gasteiger partial charge is 0.451 e. The van der Waals surface area contributed by atoms with E-state index in [0.29, 0.717) is 21.1 Å². The Morgan fingerprint density at radius 2 is 1.10 bits per heavy atom. The fourth-order valence-electron chi connectivity index (χ4n) is 2.34. The van der Waals surface area contributed by atoms with Crippen molar-refractivity contribution in [2.45, 2.75) is 27.7 Å². The lowest BCUT2D eigenvalue weighted by Gasteiger charge is -2.08. The second-order valence-electron chi connectivity index (χ2n) is 6.15. The molecule has 12 heteroatoms. The molecular formula is C18H22N4O6S2. The Labute approximate surface area is 181 Å². The van der Waals surface area contributed by atoms with Crippen LogP contribution in [0.3, 0.4) is 0 Å². The maximum Gasteiger partial charge on any atom is 0.350 e. The van der Waals surface area contributed by atoms with Gasteiger partial charge < -0.3 is 20.1 Å². The molecule has 0 aliphatic carbocycles. The summed E-state index contributed by atoms with van der Waals surface area (Å²) < 4.78 is 9.90. The number of amides is 2. The first-order valence-corrected chi connectivity index (χ1v) is 10.6. The minimum absolute atomic E-state index is 0.127. The maximum atomic E-state index is 11.9. The van der Waals surface area contributed by atoms with Crippen LogP contribution < -0.4 is 10.6 Å². The number of carbonyl (C=O) groups is 4. The van der Waals surface area contributed by atoms with Gasteiger partial charge in [0.1, 0.15) is 9.75 Å². The average molecular weight is 455 g/mol. The zero-order chi connectivity index (χ0) is 22.3. The first-order valence-electron chi connectivity index (χ1n) is 8.93. The molecule has 0 saturated heterocycles. The summed E-state index contributed by atoms with van der Waals surface area (Å²) in [6.07, 6.45) is 0. The Morgan fingerprint density at radius 1 is 0.733 bits per heavy atom. The third kappa shape index (κ3) is 6.88. The quantitative estimate of drug-likeness (QED) is 0.424. The van der Waals surface area contributed by atoms with Crippen LogP contribution in [-0.4, -0.2) is 60.0 Å². The Kier molecular flexibility index (Phi) is 8.42. The molecule has 2 N–H and O–H groups in total. The van der Waals surface area contributed by atoms with Crippen LogP contribution >= 0.6 is 22.7 Å². The van der Waals surface area contributed by atoms with Crippen molar-refractivity contribution in [3.05, 3.63) is 31.2 Å². The van der Waals surface area contributed by atoms with E-state index in [9.17, 15) is 19.2 Å². The number of thiazole rings is 2. The lowest BCUT2D eigenvalue weighted by molar-refractivity contribution is -0.125. The molecular weight excluding hydrogens is 432 g/mol. The van der Waals surface area contributed by atoms with Gasteiger partial charge in [-0.2, -0.15) is 0 Å². The molecule has 0 aliphatic rings. The fourth-order valence-corrected chi connectivity index (χ4v) is 3.97. The van der Waals surface area contributed by atoms with Crippen molar-refractivity contribution in [2.24, 2.45) is 0 Å². The van der Waals surface area contributed by atoms with E-state index in [1.807, 2.05) is 0 Å². The van der Waals surface area contributed by atoms with Crippen molar-refractivity contribution in [1.82, 2.24) is 20.6 Å². The van der Waals surface area contributed by atoms with Crippen molar-refractivity contribution >= 4 is 46.4 Å². The van der Waals surface area contributed by atoms with Crippen molar-refractivity contribution in [3.8, 4) is 0 Å². The standard InChI is InChI=1S/C18H22N4O6S2/c1-9-15(29-11(3)21-9)17(25)27-7-13(23)19-5-6-20-14(24)8-28-18(26)16-10(2)22-12(4)30-16/h5-8H2,1-4H3,(H,19,23)(H,20,24). The normalized spacial score (nSPS) is 10.4. The van der Waals surface area contributed by atoms with Crippen molar-refractivity contribution in [2.75, 3.05) is 26.3 Å². The number of carbonyl (C=O) groups excluding carboxylic acids is 4. The number of nitrogens with one attached hydrogen (secondary N) is 2. The summed E-state index contributed by atoms with van der Waals surface area (Å²) in [5, 5.41) is 6.49. The van der Waals surface area contributed by atoms with Gasteiger partial charge in [0.15, 0.2) is 13.2 Å². The zero-order valence-electron chi connectivity index (χ0n) is 17.0. The molecule has 30 heavy (non-hydrogen) atoms. The summed E-state index contributed by atoms with van der Waals surface area (Å²) in [6.45, 7) is 6.32. The molecule has 0 saturated carbocycles. The van der Waals surface area contributed by atoms with Gasteiger partial charge in [-0.1, -0.05) is 0 Å². The molecule has 0 bridgehead atoms. The predicted molar refractivity (Wildman–Crippen MR) is 110 cm³/mol. The van der Waals surface area contributed by atoms with Gasteiger partial charge >= 0.3 is 11.9 Å². The third-order valence-electron chi connectivity index (χ3n) is 3.62. The third-order valence-corrected chi connectivity index (χ3v) is 5.72. The second-order valence-corrected chi connectivity index (χ2v) is 8.55. The Morgan fingerprint density at radius 3 is 1.40 bits per heavy atom. The van der Waals surface area contributed by atoms with Crippen molar-refractivity contribution in [3.63, 3.8) is 0 Å². The molecule has 2 aromatic heterocycles. The Hall–Kier alpha value is -2.86. The number of hydrogen-bond acceptors (Lipinski definition) is 10. The molecule has 0 spiro atoms. The highest BCUT2D eigenvalue weighted by Crippen LogP contribution is 2.18. The number of esters is 2. The first-order chi connectivity index (χ1) is 14.2. The van der Waals surface area contributed by atoms with Gasteiger partial charge in [0.05, 0.1) is 21.4 Å². The van der Waals surface area contributed by atoms with Gasteiger partial charge in [0.2, 0.25) is 0 Å². The lowest BCUT2D eigenvalue weighted by atomic mass is 10.4. The Bertz CT molecular complexity index is 876. The molecule has 0 atom stereocenters. The van der Waals surface area contributed by atoms with Crippen LogP contribution in [0.4, 0.5) is 0 Å². The molecule has 162 valence electrons. The van der Waals surface area contributed by atoms with Crippen LogP contribution in [0.25, 0.3) is 0 Å². The number of hydrogen-bond donors (Lipinski definition) is 2. The van der Waals surface area contributed by atoms with E-state index in [-0.39, 0.29) is 13.1 Å². The molecule has 0 fully saturated rings. The highest BCUT2D eigenvalue weighted by molar-refractivity contribution is 7.14. The minimum Gasteiger partial charge on any atom is -0.451 e. The maximum absolute atomic E-state index is 11.9. The minimum atomic E-state index is -0.602. The van der Waals surface area contributed by atoms with E-state index in [1.54, 1.807) is 27.7 Å². The van der Waals surface area contributed by atoms with Gasteiger partial charge in [-0.15, -0.1) is 22.7 Å². The highest BCUT2D eigenvalue weighted by Gasteiger charge is 2.17. The van der Waals surface area contributed by atoms with E-state index in [1.165, 1.54) is 22.7 Å². The molecule has 2 amide bonds. The van der Waals surface area contributed by atoms with Crippen molar-refractivity contribution < 1.29 is 28.7 Å². The Balaban J connectivity index is 1.60. The van der Waals surface area contributed by atoms with E-state index in [2.05, 4.69) is 20.6 Å². The topological polar surface area (TPSA) is 137 Å². The van der Waals surface area contributed by atoms with Gasteiger partial charge in [0, 0.05) is 13.1 Å². The van der Waals surface area contributed by atoms with Crippen LogP contribution in [0, 0.1) is 27.7 Å². The lowest BCUT2D eigenvalue weighted by Crippen LogP contribution is -2.38. The van der Waals surface area contributed by atoms with E-state index in [4.69, 9.17) is 9.47 Å². The van der Waals surface area contributed by atoms with Gasteiger partial charge in [-0.25, -0.2) is 19.6 Å². The summed E-state index contributed by atoms with van der Waals surface area (Å²) >= 11 is 2.40.